The third-order valence-corrected chi connectivity index (χ3v) is 6.73. The lowest BCUT2D eigenvalue weighted by molar-refractivity contribution is 0.0752. The summed E-state index contributed by atoms with van der Waals surface area (Å²) < 4.78 is 45.7. The van der Waals surface area contributed by atoms with Gasteiger partial charge in [-0.15, -0.1) is 0 Å². The number of amides is 1. The van der Waals surface area contributed by atoms with Crippen molar-refractivity contribution < 1.29 is 22.3 Å². The maximum Gasteiger partial charge on any atom is 0.254 e. The van der Waals surface area contributed by atoms with Crippen molar-refractivity contribution in [3.8, 4) is 5.75 Å². The van der Waals surface area contributed by atoms with Gasteiger partial charge >= 0.3 is 0 Å². The highest BCUT2D eigenvalue weighted by molar-refractivity contribution is 7.89. The van der Waals surface area contributed by atoms with E-state index in [1.54, 1.807) is 32.0 Å². The van der Waals surface area contributed by atoms with E-state index < -0.39 is 15.8 Å². The summed E-state index contributed by atoms with van der Waals surface area (Å²) in [6, 6.07) is 10.6. The summed E-state index contributed by atoms with van der Waals surface area (Å²) in [6.45, 7) is 6.63. The first-order valence-corrected chi connectivity index (χ1v) is 10.9. The lowest BCUT2D eigenvalue weighted by atomic mass is 10.1. The van der Waals surface area contributed by atoms with Crippen molar-refractivity contribution in [2.75, 3.05) is 26.7 Å². The maximum absolute atomic E-state index is 14.0. The quantitative estimate of drug-likeness (QED) is 0.620. The van der Waals surface area contributed by atoms with Crippen LogP contribution in [0.25, 0.3) is 0 Å². The Hall–Kier alpha value is -2.45. The Morgan fingerprint density at radius 1 is 1.03 bits per heavy atom. The van der Waals surface area contributed by atoms with E-state index in [9.17, 15) is 17.6 Å². The molecule has 0 saturated carbocycles. The van der Waals surface area contributed by atoms with Gasteiger partial charge in [-0.2, -0.15) is 4.31 Å². The molecule has 0 unspecified atom stereocenters. The zero-order chi connectivity index (χ0) is 21.6. The van der Waals surface area contributed by atoms with Crippen molar-refractivity contribution in [1.29, 1.82) is 0 Å². The zero-order valence-corrected chi connectivity index (χ0v) is 18.0. The Balaban J connectivity index is 2.29. The molecule has 0 fully saturated rings. The Kier molecular flexibility index (Phi) is 7.75. The van der Waals surface area contributed by atoms with Crippen LogP contribution in [0, 0.1) is 5.82 Å². The van der Waals surface area contributed by atoms with Crippen molar-refractivity contribution in [2.45, 2.75) is 32.2 Å². The van der Waals surface area contributed by atoms with Crippen LogP contribution in [0.15, 0.2) is 47.4 Å². The van der Waals surface area contributed by atoms with Gasteiger partial charge in [0.05, 0.1) is 12.0 Å². The molecule has 0 heterocycles. The number of carbonyl (C=O) groups excluding carboxylic acids is 1. The minimum Gasteiger partial charge on any atom is -0.494 e. The number of halogens is 1. The molecule has 0 bridgehead atoms. The number of hydrogen-bond acceptors (Lipinski definition) is 4. The number of carbonyl (C=O) groups is 1. The van der Waals surface area contributed by atoms with Gasteiger partial charge in [-0.3, -0.25) is 4.79 Å². The van der Waals surface area contributed by atoms with Crippen LogP contribution in [0.1, 0.15) is 36.7 Å². The Labute approximate surface area is 171 Å². The van der Waals surface area contributed by atoms with Crippen molar-refractivity contribution in [2.24, 2.45) is 0 Å². The highest BCUT2D eigenvalue weighted by atomic mass is 32.2. The molecule has 158 valence electrons. The predicted molar refractivity (Wildman–Crippen MR) is 110 cm³/mol. The molecular formula is C21H27FN2O4S. The van der Waals surface area contributed by atoms with Crippen LogP contribution >= 0.6 is 0 Å². The average Bonchev–Trinajstić information content (AvgIpc) is 2.72. The first kappa shape index (κ1) is 22.8. The topological polar surface area (TPSA) is 66.9 Å². The van der Waals surface area contributed by atoms with Crippen LogP contribution in [0.3, 0.4) is 0 Å². The fraction of sp³-hybridized carbons (Fsp3) is 0.381. The van der Waals surface area contributed by atoms with Crippen molar-refractivity contribution in [3.63, 3.8) is 0 Å². The van der Waals surface area contributed by atoms with Gasteiger partial charge in [0.2, 0.25) is 10.0 Å². The van der Waals surface area contributed by atoms with E-state index in [1.807, 2.05) is 6.92 Å². The van der Waals surface area contributed by atoms with Crippen LogP contribution < -0.4 is 4.74 Å². The van der Waals surface area contributed by atoms with Crippen molar-refractivity contribution in [1.82, 2.24) is 9.21 Å². The van der Waals surface area contributed by atoms with Crippen LogP contribution in [-0.2, 0) is 16.6 Å². The molecule has 0 saturated heterocycles. The Morgan fingerprint density at radius 3 is 2.28 bits per heavy atom. The van der Waals surface area contributed by atoms with E-state index in [2.05, 4.69) is 0 Å². The van der Waals surface area contributed by atoms with Crippen molar-refractivity contribution in [3.05, 3.63) is 59.4 Å². The lowest BCUT2D eigenvalue weighted by Crippen LogP contribution is -2.32. The monoisotopic (exact) mass is 422 g/mol. The summed E-state index contributed by atoms with van der Waals surface area (Å²) in [5.41, 5.74) is 0.888. The number of nitrogens with zero attached hydrogens (tertiary/aromatic N) is 2. The van der Waals surface area contributed by atoms with Gasteiger partial charge in [0.25, 0.3) is 5.91 Å². The largest absolute Gasteiger partial charge is 0.494 e. The van der Waals surface area contributed by atoms with Gasteiger partial charge in [-0.1, -0.05) is 26.0 Å². The van der Waals surface area contributed by atoms with Crippen LogP contribution in [0.4, 0.5) is 4.39 Å². The summed E-state index contributed by atoms with van der Waals surface area (Å²) in [5.74, 6) is -0.682. The highest BCUT2D eigenvalue weighted by Gasteiger charge is 2.23. The zero-order valence-electron chi connectivity index (χ0n) is 17.2. The van der Waals surface area contributed by atoms with Gasteiger partial charge in [0, 0.05) is 31.7 Å². The summed E-state index contributed by atoms with van der Waals surface area (Å²) in [7, 11) is -2.27. The molecular weight excluding hydrogens is 395 g/mol. The maximum atomic E-state index is 14.0. The molecule has 8 heteroatoms. The van der Waals surface area contributed by atoms with Gasteiger partial charge < -0.3 is 9.64 Å². The predicted octanol–water partition coefficient (Wildman–Crippen LogP) is 3.53. The fourth-order valence-corrected chi connectivity index (χ4v) is 4.55. The molecule has 2 aromatic carbocycles. The molecule has 1 amide bonds. The molecule has 0 aliphatic rings. The smallest absolute Gasteiger partial charge is 0.254 e. The van der Waals surface area contributed by atoms with Crippen LogP contribution in [-0.4, -0.2) is 50.3 Å². The van der Waals surface area contributed by atoms with Gasteiger partial charge in [0.15, 0.2) is 11.6 Å². The standard InChI is InChI=1S/C21H27FN2O4S/c1-5-23(15-16-11-12-20(28-4)19(22)13-16)21(25)17-9-8-10-18(14-17)29(26,27)24(6-2)7-3/h8-14H,5-7,15H2,1-4H3. The third kappa shape index (κ3) is 5.13. The third-order valence-electron chi connectivity index (χ3n) is 4.68. The second kappa shape index (κ2) is 9.84. The molecule has 0 aromatic heterocycles. The molecule has 0 atom stereocenters. The lowest BCUT2D eigenvalue weighted by Gasteiger charge is -2.22. The molecule has 0 aliphatic carbocycles. The average molecular weight is 423 g/mol. The summed E-state index contributed by atoms with van der Waals surface area (Å²) in [6.07, 6.45) is 0. The molecule has 0 radical (unpaired) electrons. The Bertz CT molecular complexity index is 959. The summed E-state index contributed by atoms with van der Waals surface area (Å²) in [5, 5.41) is 0. The van der Waals surface area contributed by atoms with Gasteiger partial charge in [0.1, 0.15) is 0 Å². The molecule has 2 rings (SSSR count). The number of ether oxygens (including phenoxy) is 1. The molecule has 0 spiro atoms. The van der Waals surface area contributed by atoms with Crippen LogP contribution in [0.5, 0.6) is 5.75 Å². The van der Waals surface area contributed by atoms with Gasteiger partial charge in [-0.05, 0) is 42.8 Å². The first-order chi connectivity index (χ1) is 13.8. The van der Waals surface area contributed by atoms with E-state index in [-0.39, 0.29) is 28.7 Å². The molecule has 29 heavy (non-hydrogen) atoms. The molecule has 0 aliphatic heterocycles. The number of benzene rings is 2. The second-order valence-electron chi connectivity index (χ2n) is 6.41. The number of sulfonamides is 1. The summed E-state index contributed by atoms with van der Waals surface area (Å²) in [4.78, 5) is 14.6. The Morgan fingerprint density at radius 2 is 1.72 bits per heavy atom. The molecule has 0 N–H and O–H groups in total. The van der Waals surface area contributed by atoms with E-state index in [0.717, 1.165) is 0 Å². The molecule has 2 aromatic rings. The molecule has 6 nitrogen and oxygen atoms in total. The minimum absolute atomic E-state index is 0.0820. The number of rotatable bonds is 9. The second-order valence-corrected chi connectivity index (χ2v) is 8.34. The van der Waals surface area contributed by atoms with E-state index in [1.165, 1.54) is 40.6 Å². The fourth-order valence-electron chi connectivity index (χ4n) is 3.04. The van der Waals surface area contributed by atoms with E-state index >= 15 is 0 Å². The van der Waals surface area contributed by atoms with Gasteiger partial charge in [-0.25, -0.2) is 12.8 Å². The SMILES string of the molecule is CCN(Cc1ccc(OC)c(F)c1)C(=O)c1cccc(S(=O)(=O)N(CC)CC)c1. The van der Waals surface area contributed by atoms with E-state index in [4.69, 9.17) is 4.74 Å². The number of methoxy groups -OCH3 is 1. The van der Waals surface area contributed by atoms with Crippen LogP contribution in [0.2, 0.25) is 0 Å². The van der Waals surface area contributed by atoms with Crippen molar-refractivity contribution >= 4 is 15.9 Å². The van der Waals surface area contributed by atoms with E-state index in [0.29, 0.717) is 25.2 Å². The highest BCUT2D eigenvalue weighted by Crippen LogP contribution is 2.21. The first-order valence-electron chi connectivity index (χ1n) is 9.50. The normalized spacial score (nSPS) is 11.5. The number of hydrogen-bond donors (Lipinski definition) is 0. The minimum atomic E-state index is -3.66. The summed E-state index contributed by atoms with van der Waals surface area (Å²) >= 11 is 0.